The summed E-state index contributed by atoms with van der Waals surface area (Å²) in [6, 6.07) is 0. The maximum absolute atomic E-state index is 12.2. The second kappa shape index (κ2) is 8.80. The molecule has 0 aromatic carbocycles. The molecule has 4 aliphatic carbocycles. The Kier molecular flexibility index (Phi) is 6.64. The van der Waals surface area contributed by atoms with Gasteiger partial charge in [0.05, 0.1) is 0 Å². The molecule has 7 heteroatoms. The summed E-state index contributed by atoms with van der Waals surface area (Å²) in [4.78, 5) is 23.1. The van der Waals surface area contributed by atoms with Crippen LogP contribution < -0.4 is 0 Å². The average molecular weight is 466 g/mol. The van der Waals surface area contributed by atoms with E-state index in [0.717, 1.165) is 30.1 Å². The maximum atomic E-state index is 12.2. The summed E-state index contributed by atoms with van der Waals surface area (Å²) >= 11 is 0. The first-order valence-corrected chi connectivity index (χ1v) is 13.1. The Labute approximate surface area is 197 Å². The topological polar surface area (TPSA) is 118 Å². The van der Waals surface area contributed by atoms with Crippen LogP contribution in [0.4, 0.5) is 0 Å². The van der Waals surface area contributed by atoms with Crippen LogP contribution in [0.2, 0.25) is 0 Å². The molecule has 4 saturated carbocycles. The molecule has 188 valence electrons. The minimum absolute atomic E-state index is 0.114. The molecule has 1 unspecified atom stereocenters. The van der Waals surface area contributed by atoms with Crippen molar-refractivity contribution in [2.45, 2.75) is 104 Å². The third-order valence-electron chi connectivity index (χ3n) is 11.0. The van der Waals surface area contributed by atoms with Crippen LogP contribution in [0.25, 0.3) is 0 Å². The molecule has 0 heterocycles. The molecule has 0 spiro atoms. The van der Waals surface area contributed by atoms with Crippen molar-refractivity contribution in [1.29, 1.82) is 0 Å². The van der Waals surface area contributed by atoms with E-state index < -0.39 is 22.9 Å². The predicted octanol–water partition coefficient (Wildman–Crippen LogP) is 4.39. The maximum Gasteiger partial charge on any atom is 0.390 e. The zero-order valence-electron chi connectivity index (χ0n) is 20.5. The predicted molar refractivity (Wildman–Crippen MR) is 122 cm³/mol. The second-order valence-corrected chi connectivity index (χ2v) is 12.3. The number of hydrogen-bond acceptors (Lipinski definition) is 5. The molecule has 0 aromatic heterocycles. The number of fused-ring (bicyclic) bond motifs is 5. The highest BCUT2D eigenvalue weighted by molar-refractivity contribution is 5.83. The Balaban J connectivity index is 1.41. The van der Waals surface area contributed by atoms with Gasteiger partial charge in [-0.15, -0.1) is 0 Å². The standard InChI is InChI=1S/C26H43NO6/c1-16(7-12-22(28)27(33)26(31,32)23(29)30)19-10-11-20-18-9-8-17-6-4-5-14-24(17,2)21(18)13-15-25(19,20)3/h16-21,31-33H,4-15H2,1-3H3,(H,29,30)/t16-,17?,18+,19-,20+,21+,24+,25-/m1/s1. The minimum atomic E-state index is -3.60. The van der Waals surface area contributed by atoms with Gasteiger partial charge in [0.2, 0.25) is 0 Å². The van der Waals surface area contributed by atoms with Gasteiger partial charge in [-0.3, -0.25) is 10.0 Å². The van der Waals surface area contributed by atoms with Gasteiger partial charge in [0.15, 0.2) is 0 Å². The summed E-state index contributed by atoms with van der Waals surface area (Å²) in [6.45, 7) is 7.21. The van der Waals surface area contributed by atoms with Crippen molar-refractivity contribution >= 4 is 11.9 Å². The molecule has 0 bridgehead atoms. The highest BCUT2D eigenvalue weighted by Crippen LogP contribution is 2.68. The van der Waals surface area contributed by atoms with Crippen molar-refractivity contribution < 1.29 is 30.1 Å². The SMILES string of the molecule is C[C@H](CCC(=O)N(O)C(O)(O)C(=O)O)[C@H]1CC[C@H]2[C@@H]3CCC4CCCC[C@]4(C)[C@H]3CC[C@]12C. The van der Waals surface area contributed by atoms with Crippen molar-refractivity contribution in [2.75, 3.05) is 0 Å². The van der Waals surface area contributed by atoms with Gasteiger partial charge in [-0.2, -0.15) is 5.06 Å². The number of hydroxylamine groups is 2. The van der Waals surface area contributed by atoms with Crippen LogP contribution in [-0.2, 0) is 9.59 Å². The third kappa shape index (κ3) is 4.02. The van der Waals surface area contributed by atoms with Crippen molar-refractivity contribution in [3.63, 3.8) is 0 Å². The number of carboxylic acids is 1. The lowest BCUT2D eigenvalue weighted by atomic mass is 9.44. The summed E-state index contributed by atoms with van der Waals surface area (Å²) in [6.07, 6.45) is 13.7. The van der Waals surface area contributed by atoms with E-state index in [0.29, 0.717) is 17.8 Å². The summed E-state index contributed by atoms with van der Waals surface area (Å²) < 4.78 is 0. The fourth-order valence-electron chi connectivity index (χ4n) is 9.19. The van der Waals surface area contributed by atoms with Gasteiger partial charge in [-0.1, -0.05) is 33.6 Å². The average Bonchev–Trinajstić information content (AvgIpc) is 3.13. The molecular formula is C26H43NO6. The van der Waals surface area contributed by atoms with Crippen LogP contribution >= 0.6 is 0 Å². The first-order chi connectivity index (χ1) is 15.4. The number of nitrogens with zero attached hydrogens (tertiary/aromatic N) is 1. The molecule has 8 atom stereocenters. The lowest BCUT2D eigenvalue weighted by Crippen LogP contribution is -2.55. The van der Waals surface area contributed by atoms with Crippen LogP contribution in [0.1, 0.15) is 97.8 Å². The highest BCUT2D eigenvalue weighted by Gasteiger charge is 2.60. The Morgan fingerprint density at radius 2 is 1.67 bits per heavy atom. The first kappa shape index (κ1) is 24.9. The largest absolute Gasteiger partial charge is 0.476 e. The quantitative estimate of drug-likeness (QED) is 0.262. The number of hydrogen-bond donors (Lipinski definition) is 4. The van der Waals surface area contributed by atoms with Crippen LogP contribution in [0.3, 0.4) is 0 Å². The molecule has 0 aliphatic heterocycles. The minimum Gasteiger partial charge on any atom is -0.476 e. The molecule has 1 amide bonds. The molecule has 0 aromatic rings. The van der Waals surface area contributed by atoms with E-state index in [1.54, 1.807) is 0 Å². The van der Waals surface area contributed by atoms with E-state index in [-0.39, 0.29) is 17.8 Å². The van der Waals surface area contributed by atoms with Gasteiger partial charge in [-0.25, -0.2) is 4.79 Å². The molecule has 4 N–H and O–H groups in total. The van der Waals surface area contributed by atoms with Crippen molar-refractivity contribution in [3.8, 4) is 0 Å². The summed E-state index contributed by atoms with van der Waals surface area (Å²) in [7, 11) is 0. The number of aliphatic hydroxyl groups is 2. The molecule has 33 heavy (non-hydrogen) atoms. The van der Waals surface area contributed by atoms with E-state index in [4.69, 9.17) is 5.11 Å². The Bertz CT molecular complexity index is 770. The van der Waals surface area contributed by atoms with Gasteiger partial charge in [0, 0.05) is 6.42 Å². The smallest absolute Gasteiger partial charge is 0.390 e. The third-order valence-corrected chi connectivity index (χ3v) is 11.0. The normalized spacial score (nSPS) is 41.5. The van der Waals surface area contributed by atoms with Gasteiger partial charge in [-0.05, 0) is 104 Å². The van der Waals surface area contributed by atoms with Crippen LogP contribution in [0.5, 0.6) is 0 Å². The lowest BCUT2D eigenvalue weighted by Gasteiger charge is -2.61. The number of amides is 1. The Morgan fingerprint density at radius 1 is 0.970 bits per heavy atom. The highest BCUT2D eigenvalue weighted by atomic mass is 16.7. The van der Waals surface area contributed by atoms with E-state index in [2.05, 4.69) is 20.8 Å². The fraction of sp³-hybridized carbons (Fsp3) is 0.923. The van der Waals surface area contributed by atoms with Crippen LogP contribution in [0.15, 0.2) is 0 Å². The van der Waals surface area contributed by atoms with Crippen molar-refractivity contribution in [2.24, 2.45) is 46.3 Å². The van der Waals surface area contributed by atoms with Crippen LogP contribution in [-0.4, -0.2) is 43.4 Å². The first-order valence-electron chi connectivity index (χ1n) is 13.1. The number of carbonyl (C=O) groups is 2. The molecule has 4 rings (SSSR count). The molecule has 0 radical (unpaired) electrons. The molecule has 4 fully saturated rings. The second-order valence-electron chi connectivity index (χ2n) is 12.3. The fourth-order valence-corrected chi connectivity index (χ4v) is 9.19. The number of aliphatic carboxylic acids is 1. The number of rotatable bonds is 6. The van der Waals surface area contributed by atoms with Crippen molar-refractivity contribution in [1.82, 2.24) is 5.06 Å². The summed E-state index contributed by atoms with van der Waals surface area (Å²) in [5, 5.41) is 36.9. The van der Waals surface area contributed by atoms with Crippen LogP contribution in [0, 0.1) is 46.3 Å². The molecule has 0 saturated heterocycles. The Morgan fingerprint density at radius 3 is 2.36 bits per heavy atom. The number of carboxylic acid groups (broad SMARTS) is 1. The summed E-state index contributed by atoms with van der Waals surface area (Å²) in [5.41, 5.74) is 0.785. The van der Waals surface area contributed by atoms with E-state index in [1.807, 2.05) is 0 Å². The van der Waals surface area contributed by atoms with E-state index in [1.165, 1.54) is 57.8 Å². The van der Waals surface area contributed by atoms with Crippen molar-refractivity contribution in [3.05, 3.63) is 0 Å². The van der Waals surface area contributed by atoms with E-state index >= 15 is 0 Å². The molecular weight excluding hydrogens is 422 g/mol. The van der Waals surface area contributed by atoms with Gasteiger partial charge < -0.3 is 15.3 Å². The van der Waals surface area contributed by atoms with E-state index in [9.17, 15) is 25.0 Å². The molecule has 7 nitrogen and oxygen atoms in total. The summed E-state index contributed by atoms with van der Waals surface area (Å²) in [5.74, 6) is -2.62. The monoisotopic (exact) mass is 465 g/mol. The molecule has 4 aliphatic rings. The van der Waals surface area contributed by atoms with Gasteiger partial charge >= 0.3 is 11.9 Å². The number of carbonyl (C=O) groups excluding carboxylic acids is 1. The lowest BCUT2D eigenvalue weighted by molar-refractivity contribution is -0.330. The Hall–Kier alpha value is -1.18. The zero-order chi connectivity index (χ0) is 24.2. The van der Waals surface area contributed by atoms with Gasteiger partial charge in [0.25, 0.3) is 5.91 Å². The zero-order valence-corrected chi connectivity index (χ0v) is 20.5. The van der Waals surface area contributed by atoms with Gasteiger partial charge in [0.1, 0.15) is 0 Å².